The van der Waals surface area contributed by atoms with Crippen LogP contribution in [0.1, 0.15) is 60.3 Å². The van der Waals surface area contributed by atoms with Crippen molar-refractivity contribution in [1.82, 2.24) is 0 Å². The Morgan fingerprint density at radius 1 is 0.962 bits per heavy atom. The van der Waals surface area contributed by atoms with Gasteiger partial charge in [0.1, 0.15) is 5.75 Å². The molecule has 4 rings (SSSR count). The summed E-state index contributed by atoms with van der Waals surface area (Å²) in [5, 5.41) is 11.2. The lowest BCUT2D eigenvalue weighted by atomic mass is 9.60. The molecule has 26 heavy (non-hydrogen) atoms. The Morgan fingerprint density at radius 2 is 1.77 bits per heavy atom. The van der Waals surface area contributed by atoms with Crippen molar-refractivity contribution in [2.24, 2.45) is 5.92 Å². The molecule has 3 nitrogen and oxygen atoms in total. The van der Waals surface area contributed by atoms with Crippen LogP contribution in [-0.2, 0) is 0 Å². The Hall–Kier alpha value is -2.07. The second kappa shape index (κ2) is 6.92. The number of halogens is 1. The van der Waals surface area contributed by atoms with Crippen molar-refractivity contribution in [1.29, 1.82) is 0 Å². The summed E-state index contributed by atoms with van der Waals surface area (Å²) in [6.07, 6.45) is 3.87. The smallest absolute Gasteiger partial charge is 0.165 e. The van der Waals surface area contributed by atoms with Crippen LogP contribution >= 0.6 is 0 Å². The number of methoxy groups -OCH3 is 2. The Morgan fingerprint density at radius 3 is 2.50 bits per heavy atom. The van der Waals surface area contributed by atoms with E-state index in [0.29, 0.717) is 11.8 Å². The Bertz CT molecular complexity index is 804. The van der Waals surface area contributed by atoms with Gasteiger partial charge in [0.05, 0.1) is 20.3 Å². The first-order valence-electron chi connectivity index (χ1n) is 9.33. The topological polar surface area (TPSA) is 38.7 Å². The molecule has 2 aliphatic rings. The fraction of sp³-hybridized carbons (Fsp3) is 0.455. The average molecular weight is 356 g/mol. The van der Waals surface area contributed by atoms with Gasteiger partial charge in [0.25, 0.3) is 0 Å². The molecular formula is C22H25FO3. The first-order chi connectivity index (χ1) is 12.6. The van der Waals surface area contributed by atoms with Gasteiger partial charge in [-0.25, -0.2) is 4.39 Å². The fourth-order valence-electron chi connectivity index (χ4n) is 4.99. The summed E-state index contributed by atoms with van der Waals surface area (Å²) >= 11 is 0. The van der Waals surface area contributed by atoms with Gasteiger partial charge in [0.2, 0.25) is 0 Å². The molecule has 2 aromatic rings. The largest absolute Gasteiger partial charge is 0.497 e. The molecule has 1 fully saturated rings. The zero-order valence-corrected chi connectivity index (χ0v) is 15.2. The van der Waals surface area contributed by atoms with Crippen molar-refractivity contribution in [2.75, 3.05) is 14.2 Å². The molecule has 1 N–H and O–H groups in total. The Kier molecular flexibility index (Phi) is 4.62. The highest BCUT2D eigenvalue weighted by Gasteiger charge is 2.44. The Labute approximate surface area is 153 Å². The van der Waals surface area contributed by atoms with Crippen LogP contribution in [0.5, 0.6) is 11.5 Å². The lowest BCUT2D eigenvalue weighted by Gasteiger charge is -2.45. The number of fused-ring (bicyclic) bond motifs is 3. The zero-order valence-electron chi connectivity index (χ0n) is 15.2. The van der Waals surface area contributed by atoms with Crippen LogP contribution in [0.15, 0.2) is 36.4 Å². The number of hydrogen-bond donors (Lipinski definition) is 1. The van der Waals surface area contributed by atoms with E-state index in [1.54, 1.807) is 13.2 Å². The molecule has 0 bridgehead atoms. The lowest BCUT2D eigenvalue weighted by Crippen LogP contribution is -2.34. The molecule has 2 aromatic carbocycles. The van der Waals surface area contributed by atoms with Gasteiger partial charge in [-0.05, 0) is 65.6 Å². The van der Waals surface area contributed by atoms with Crippen molar-refractivity contribution in [3.63, 3.8) is 0 Å². The van der Waals surface area contributed by atoms with Crippen LogP contribution in [0.2, 0.25) is 0 Å². The van der Waals surface area contributed by atoms with E-state index in [9.17, 15) is 9.50 Å². The first kappa shape index (κ1) is 17.3. The number of aliphatic hydroxyl groups excluding tert-OH is 1. The molecule has 4 atom stereocenters. The molecule has 0 saturated heterocycles. The SMILES string of the molecule is COc1ccc2c(c1)[C@@H]1CCCC[C@@H]1C(c1ccc(OC)c(F)c1)C2O. The Balaban J connectivity index is 1.81. The molecule has 0 amide bonds. The van der Waals surface area contributed by atoms with Crippen LogP contribution in [0.4, 0.5) is 4.39 Å². The van der Waals surface area contributed by atoms with Crippen LogP contribution < -0.4 is 9.47 Å². The molecule has 2 aliphatic carbocycles. The summed E-state index contributed by atoms with van der Waals surface area (Å²) in [6.45, 7) is 0. The highest BCUT2D eigenvalue weighted by atomic mass is 19.1. The minimum Gasteiger partial charge on any atom is -0.497 e. The van der Waals surface area contributed by atoms with Gasteiger partial charge < -0.3 is 14.6 Å². The van der Waals surface area contributed by atoms with Crippen molar-refractivity contribution >= 4 is 0 Å². The van der Waals surface area contributed by atoms with Gasteiger partial charge in [-0.3, -0.25) is 0 Å². The van der Waals surface area contributed by atoms with Crippen molar-refractivity contribution in [3.05, 3.63) is 58.9 Å². The molecule has 0 spiro atoms. The molecule has 138 valence electrons. The summed E-state index contributed by atoms with van der Waals surface area (Å²) in [4.78, 5) is 0. The molecule has 1 saturated carbocycles. The minimum absolute atomic E-state index is 0.0957. The number of hydrogen-bond acceptors (Lipinski definition) is 3. The van der Waals surface area contributed by atoms with E-state index in [-0.39, 0.29) is 17.5 Å². The predicted molar refractivity (Wildman–Crippen MR) is 98.3 cm³/mol. The summed E-state index contributed by atoms with van der Waals surface area (Å²) < 4.78 is 24.8. The van der Waals surface area contributed by atoms with Gasteiger partial charge in [0.15, 0.2) is 11.6 Å². The summed E-state index contributed by atoms with van der Waals surface area (Å²) in [5.74, 6) is 1.30. The lowest BCUT2D eigenvalue weighted by molar-refractivity contribution is 0.0750. The van der Waals surface area contributed by atoms with E-state index >= 15 is 0 Å². The van der Waals surface area contributed by atoms with Crippen molar-refractivity contribution in [2.45, 2.75) is 43.6 Å². The van der Waals surface area contributed by atoms with Gasteiger partial charge >= 0.3 is 0 Å². The molecular weight excluding hydrogens is 331 g/mol. The molecule has 0 aromatic heterocycles. The third-order valence-electron chi connectivity index (χ3n) is 6.19. The van der Waals surface area contributed by atoms with Crippen molar-refractivity contribution in [3.8, 4) is 11.5 Å². The van der Waals surface area contributed by atoms with Gasteiger partial charge in [0, 0.05) is 5.92 Å². The molecule has 0 aliphatic heterocycles. The van der Waals surface area contributed by atoms with Gasteiger partial charge in [-0.2, -0.15) is 0 Å². The molecule has 2 unspecified atom stereocenters. The fourth-order valence-corrected chi connectivity index (χ4v) is 4.99. The quantitative estimate of drug-likeness (QED) is 0.846. The van der Waals surface area contributed by atoms with E-state index in [1.807, 2.05) is 18.2 Å². The van der Waals surface area contributed by atoms with E-state index in [0.717, 1.165) is 36.1 Å². The van der Waals surface area contributed by atoms with E-state index < -0.39 is 6.10 Å². The number of aliphatic hydroxyl groups is 1. The van der Waals surface area contributed by atoms with Gasteiger partial charge in [-0.1, -0.05) is 25.0 Å². The summed E-state index contributed by atoms with van der Waals surface area (Å²) in [5.41, 5.74) is 3.01. The molecule has 4 heteroatoms. The normalized spacial score (nSPS) is 27.4. The predicted octanol–water partition coefficient (Wildman–Crippen LogP) is 4.95. The second-order valence-corrected chi connectivity index (χ2v) is 7.41. The van der Waals surface area contributed by atoms with E-state index in [4.69, 9.17) is 9.47 Å². The van der Waals surface area contributed by atoms with Crippen molar-refractivity contribution < 1.29 is 19.0 Å². The minimum atomic E-state index is -0.636. The maximum atomic E-state index is 14.3. The first-order valence-corrected chi connectivity index (χ1v) is 9.33. The van der Waals surface area contributed by atoms with Crippen LogP contribution in [0, 0.1) is 11.7 Å². The third-order valence-corrected chi connectivity index (χ3v) is 6.19. The van der Waals surface area contributed by atoms with Crippen LogP contribution in [0.25, 0.3) is 0 Å². The average Bonchev–Trinajstić information content (AvgIpc) is 2.68. The van der Waals surface area contributed by atoms with Gasteiger partial charge in [-0.15, -0.1) is 0 Å². The van der Waals surface area contributed by atoms with E-state index in [1.165, 1.54) is 25.2 Å². The third kappa shape index (κ3) is 2.77. The number of ether oxygens (including phenoxy) is 2. The highest BCUT2D eigenvalue weighted by Crippen LogP contribution is 2.56. The number of benzene rings is 2. The zero-order chi connectivity index (χ0) is 18.3. The summed E-state index contributed by atoms with van der Waals surface area (Å²) in [6, 6.07) is 11.0. The van der Waals surface area contributed by atoms with Crippen LogP contribution in [-0.4, -0.2) is 19.3 Å². The van der Waals surface area contributed by atoms with E-state index in [2.05, 4.69) is 6.07 Å². The number of rotatable bonds is 3. The molecule has 0 heterocycles. The molecule has 0 radical (unpaired) electrons. The monoisotopic (exact) mass is 356 g/mol. The maximum absolute atomic E-state index is 14.3. The second-order valence-electron chi connectivity index (χ2n) is 7.41. The summed E-state index contributed by atoms with van der Waals surface area (Å²) in [7, 11) is 3.14. The standard InChI is InChI=1S/C22H25FO3/c1-25-14-8-9-17-18(12-14)15-5-3-4-6-16(15)21(22(17)24)13-7-10-20(26-2)19(23)11-13/h7-12,15-16,21-22,24H,3-6H2,1-2H3/t15-,16+,21?,22?/m1/s1. The maximum Gasteiger partial charge on any atom is 0.165 e. The van der Waals surface area contributed by atoms with Crippen LogP contribution in [0.3, 0.4) is 0 Å². The highest BCUT2D eigenvalue weighted by molar-refractivity contribution is 5.45.